The zero-order chi connectivity index (χ0) is 13.9. The van der Waals surface area contributed by atoms with E-state index in [2.05, 4.69) is 20.5 Å². The largest absolute Gasteiger partial charge is 0.368 e. The first-order valence-electron chi connectivity index (χ1n) is 6.61. The molecule has 7 heteroatoms. The average molecular weight is 283 g/mol. The predicted octanol–water partition coefficient (Wildman–Crippen LogP) is 1.06. The molecule has 1 aliphatic rings. The standard InChI is InChI=1S/C12H21N5OS/c1-8(2)16-12(10(13)18)5-3-4-9(6-12)19-11-14-7-15-17-11/h7-9,16H,3-6H2,1-2H3,(H2,13,18)(H,14,15,17). The molecule has 2 rings (SSSR count). The van der Waals surface area contributed by atoms with Gasteiger partial charge < -0.3 is 11.1 Å². The number of nitrogens with one attached hydrogen (secondary N) is 2. The van der Waals surface area contributed by atoms with Crippen LogP contribution in [0.4, 0.5) is 0 Å². The molecule has 2 unspecified atom stereocenters. The number of amides is 1. The van der Waals surface area contributed by atoms with Gasteiger partial charge in [0, 0.05) is 11.3 Å². The lowest BCUT2D eigenvalue weighted by molar-refractivity contribution is -0.126. The van der Waals surface area contributed by atoms with Gasteiger partial charge in [-0.25, -0.2) is 4.98 Å². The summed E-state index contributed by atoms with van der Waals surface area (Å²) >= 11 is 1.64. The van der Waals surface area contributed by atoms with E-state index in [9.17, 15) is 4.79 Å². The highest BCUT2D eigenvalue weighted by Crippen LogP contribution is 2.37. The fourth-order valence-corrected chi connectivity index (χ4v) is 3.89. The predicted molar refractivity (Wildman–Crippen MR) is 74.7 cm³/mol. The van der Waals surface area contributed by atoms with Crippen molar-refractivity contribution in [2.75, 3.05) is 0 Å². The summed E-state index contributed by atoms with van der Waals surface area (Å²) in [5.74, 6) is -0.246. The molecule has 4 N–H and O–H groups in total. The van der Waals surface area contributed by atoms with Crippen LogP contribution in [-0.4, -0.2) is 37.9 Å². The second kappa shape index (κ2) is 5.92. The monoisotopic (exact) mass is 283 g/mol. The lowest BCUT2D eigenvalue weighted by atomic mass is 9.80. The smallest absolute Gasteiger partial charge is 0.237 e. The molecule has 1 aromatic rings. The maximum atomic E-state index is 11.9. The minimum Gasteiger partial charge on any atom is -0.368 e. The van der Waals surface area contributed by atoms with Crippen LogP contribution in [0.5, 0.6) is 0 Å². The van der Waals surface area contributed by atoms with Gasteiger partial charge in [-0.2, -0.15) is 5.10 Å². The molecule has 0 radical (unpaired) electrons. The van der Waals surface area contributed by atoms with Crippen LogP contribution in [0, 0.1) is 0 Å². The molecule has 19 heavy (non-hydrogen) atoms. The lowest BCUT2D eigenvalue weighted by Crippen LogP contribution is -2.60. The van der Waals surface area contributed by atoms with Crippen molar-refractivity contribution in [1.29, 1.82) is 0 Å². The Bertz CT molecular complexity index is 422. The number of rotatable bonds is 5. The Kier molecular flexibility index (Phi) is 4.46. The van der Waals surface area contributed by atoms with E-state index in [1.54, 1.807) is 11.8 Å². The molecule has 1 saturated carbocycles. The molecule has 1 fully saturated rings. The number of aromatic nitrogens is 3. The molecular formula is C12H21N5OS. The van der Waals surface area contributed by atoms with Gasteiger partial charge in [-0.3, -0.25) is 9.89 Å². The van der Waals surface area contributed by atoms with E-state index >= 15 is 0 Å². The summed E-state index contributed by atoms with van der Waals surface area (Å²) in [7, 11) is 0. The van der Waals surface area contributed by atoms with Gasteiger partial charge in [-0.05, 0) is 39.5 Å². The van der Waals surface area contributed by atoms with Crippen LogP contribution >= 0.6 is 11.8 Å². The highest BCUT2D eigenvalue weighted by Gasteiger charge is 2.42. The fourth-order valence-electron chi connectivity index (χ4n) is 2.71. The van der Waals surface area contributed by atoms with Gasteiger partial charge in [-0.15, -0.1) is 0 Å². The molecule has 0 aromatic carbocycles. The van der Waals surface area contributed by atoms with Gasteiger partial charge >= 0.3 is 0 Å². The minimum absolute atomic E-state index is 0.238. The Morgan fingerprint density at radius 2 is 2.47 bits per heavy atom. The van der Waals surface area contributed by atoms with Crippen LogP contribution in [0.25, 0.3) is 0 Å². The number of primary amides is 1. The quantitative estimate of drug-likeness (QED) is 0.751. The molecule has 1 aromatic heterocycles. The number of carbonyl (C=O) groups is 1. The van der Waals surface area contributed by atoms with Crippen molar-refractivity contribution in [2.45, 2.75) is 61.5 Å². The zero-order valence-electron chi connectivity index (χ0n) is 11.3. The van der Waals surface area contributed by atoms with E-state index in [0.29, 0.717) is 5.25 Å². The Labute approximate surface area is 117 Å². The van der Waals surface area contributed by atoms with E-state index in [1.165, 1.54) is 6.33 Å². The number of aromatic amines is 1. The summed E-state index contributed by atoms with van der Waals surface area (Å²) in [5, 5.41) is 11.2. The van der Waals surface area contributed by atoms with Gasteiger partial charge in [-0.1, -0.05) is 11.8 Å². The van der Waals surface area contributed by atoms with E-state index in [-0.39, 0.29) is 11.9 Å². The Balaban J connectivity index is 2.06. The first kappa shape index (κ1) is 14.3. The van der Waals surface area contributed by atoms with Crippen molar-refractivity contribution in [2.24, 2.45) is 5.73 Å². The topological polar surface area (TPSA) is 96.7 Å². The number of hydrogen-bond acceptors (Lipinski definition) is 5. The van der Waals surface area contributed by atoms with Crippen molar-refractivity contribution >= 4 is 17.7 Å². The molecule has 0 bridgehead atoms. The maximum absolute atomic E-state index is 11.9. The number of thioether (sulfide) groups is 1. The summed E-state index contributed by atoms with van der Waals surface area (Å²) in [5.41, 5.74) is 5.06. The van der Waals surface area contributed by atoms with E-state index in [0.717, 1.165) is 30.8 Å². The third-order valence-electron chi connectivity index (χ3n) is 3.41. The van der Waals surface area contributed by atoms with Gasteiger partial charge in [0.15, 0.2) is 5.16 Å². The van der Waals surface area contributed by atoms with Crippen molar-refractivity contribution < 1.29 is 4.79 Å². The van der Waals surface area contributed by atoms with E-state index in [1.807, 2.05) is 13.8 Å². The van der Waals surface area contributed by atoms with Crippen LogP contribution in [0.1, 0.15) is 39.5 Å². The van der Waals surface area contributed by atoms with Gasteiger partial charge in [0.1, 0.15) is 6.33 Å². The van der Waals surface area contributed by atoms with Gasteiger partial charge in [0.05, 0.1) is 5.54 Å². The van der Waals surface area contributed by atoms with E-state index < -0.39 is 5.54 Å². The molecule has 1 aliphatic carbocycles. The fraction of sp³-hybridized carbons (Fsp3) is 0.750. The first-order chi connectivity index (χ1) is 9.02. The molecule has 0 aliphatic heterocycles. The molecule has 0 spiro atoms. The third-order valence-corrected chi connectivity index (χ3v) is 4.57. The molecule has 2 atom stereocenters. The number of hydrogen-bond donors (Lipinski definition) is 3. The Morgan fingerprint density at radius 3 is 3.05 bits per heavy atom. The first-order valence-corrected chi connectivity index (χ1v) is 7.49. The number of H-pyrrole nitrogens is 1. The number of carbonyl (C=O) groups excluding carboxylic acids is 1. The summed E-state index contributed by atoms with van der Waals surface area (Å²) in [6, 6.07) is 0.238. The molecule has 6 nitrogen and oxygen atoms in total. The molecular weight excluding hydrogens is 262 g/mol. The summed E-state index contributed by atoms with van der Waals surface area (Å²) in [4.78, 5) is 16.0. The lowest BCUT2D eigenvalue weighted by Gasteiger charge is -2.40. The van der Waals surface area contributed by atoms with Crippen LogP contribution in [0.15, 0.2) is 11.5 Å². The van der Waals surface area contributed by atoms with Crippen molar-refractivity contribution in [1.82, 2.24) is 20.5 Å². The van der Waals surface area contributed by atoms with Crippen LogP contribution in [0.2, 0.25) is 0 Å². The third kappa shape index (κ3) is 3.48. The number of nitrogens with two attached hydrogens (primary N) is 1. The second-order valence-corrected chi connectivity index (χ2v) is 6.66. The molecule has 1 amide bonds. The van der Waals surface area contributed by atoms with Gasteiger partial charge in [0.2, 0.25) is 5.91 Å². The van der Waals surface area contributed by atoms with E-state index in [4.69, 9.17) is 5.73 Å². The average Bonchev–Trinajstić information content (AvgIpc) is 2.81. The zero-order valence-corrected chi connectivity index (χ0v) is 12.2. The summed E-state index contributed by atoms with van der Waals surface area (Å²) in [6.45, 7) is 4.08. The second-order valence-electron chi connectivity index (χ2n) is 5.37. The minimum atomic E-state index is -0.579. The molecule has 0 saturated heterocycles. The maximum Gasteiger partial charge on any atom is 0.237 e. The highest BCUT2D eigenvalue weighted by molar-refractivity contribution is 7.99. The van der Waals surface area contributed by atoms with Crippen molar-refractivity contribution in [3.05, 3.63) is 6.33 Å². The number of nitrogens with zero attached hydrogens (tertiary/aromatic N) is 2. The summed E-state index contributed by atoms with van der Waals surface area (Å²) in [6.07, 6.45) is 5.12. The Morgan fingerprint density at radius 1 is 1.68 bits per heavy atom. The SMILES string of the molecule is CC(C)NC1(C(N)=O)CCCC(Sc2ncn[nH]2)C1. The molecule has 106 valence electrons. The van der Waals surface area contributed by atoms with Crippen molar-refractivity contribution in [3.63, 3.8) is 0 Å². The summed E-state index contributed by atoms with van der Waals surface area (Å²) < 4.78 is 0. The van der Waals surface area contributed by atoms with Crippen LogP contribution in [-0.2, 0) is 4.79 Å². The highest BCUT2D eigenvalue weighted by atomic mass is 32.2. The molecule has 1 heterocycles. The van der Waals surface area contributed by atoms with Crippen LogP contribution in [0.3, 0.4) is 0 Å². The Hall–Kier alpha value is -1.08. The van der Waals surface area contributed by atoms with Crippen molar-refractivity contribution in [3.8, 4) is 0 Å². The normalized spacial score (nSPS) is 27.6. The van der Waals surface area contributed by atoms with Crippen LogP contribution < -0.4 is 11.1 Å². The van der Waals surface area contributed by atoms with Gasteiger partial charge in [0.25, 0.3) is 0 Å².